The highest BCUT2D eigenvalue weighted by Gasteiger charge is 2.36. The number of pyridine rings is 1. The second-order valence-electron chi connectivity index (χ2n) is 5.80. The molecular formula is C16H21N5OS. The molecule has 2 amide bonds. The Hall–Kier alpha value is -2.02. The van der Waals surface area contributed by atoms with Crippen LogP contribution in [0.3, 0.4) is 0 Å². The summed E-state index contributed by atoms with van der Waals surface area (Å²) < 4.78 is 1.99. The standard InChI is InChI=1S/C16H21N5OS/c1-23-16(6-4-7-16)12-18-15(22)20-14-9-19-21(11-14)10-13-5-2-3-8-17-13/h2-3,5,8-9,11H,4,6-7,10,12H2,1H3,(H2,18,20,22). The average Bonchev–Trinajstić information content (AvgIpc) is 2.94. The number of aromatic nitrogens is 3. The molecule has 2 aromatic rings. The van der Waals surface area contributed by atoms with Crippen LogP contribution < -0.4 is 10.6 Å². The van der Waals surface area contributed by atoms with Crippen LogP contribution in [0.4, 0.5) is 10.5 Å². The van der Waals surface area contributed by atoms with Gasteiger partial charge >= 0.3 is 6.03 Å². The smallest absolute Gasteiger partial charge is 0.319 e. The summed E-state index contributed by atoms with van der Waals surface area (Å²) in [6.45, 7) is 1.29. The van der Waals surface area contributed by atoms with E-state index in [9.17, 15) is 4.79 Å². The number of carbonyl (C=O) groups excluding carboxylic acids is 1. The van der Waals surface area contributed by atoms with Crippen molar-refractivity contribution in [2.75, 3.05) is 18.1 Å². The third-order valence-electron chi connectivity index (χ3n) is 4.21. The van der Waals surface area contributed by atoms with Crippen molar-refractivity contribution in [2.24, 2.45) is 0 Å². The van der Waals surface area contributed by atoms with Crippen LogP contribution in [0.25, 0.3) is 0 Å². The van der Waals surface area contributed by atoms with Crippen LogP contribution in [0.1, 0.15) is 25.0 Å². The van der Waals surface area contributed by atoms with Crippen LogP contribution >= 0.6 is 11.8 Å². The van der Waals surface area contributed by atoms with Crippen molar-refractivity contribution in [3.05, 3.63) is 42.5 Å². The van der Waals surface area contributed by atoms with E-state index in [0.29, 0.717) is 18.8 Å². The quantitative estimate of drug-likeness (QED) is 0.854. The maximum atomic E-state index is 12.0. The van der Waals surface area contributed by atoms with Crippen LogP contribution in [-0.4, -0.2) is 38.3 Å². The molecule has 0 bridgehead atoms. The average molecular weight is 331 g/mol. The summed E-state index contributed by atoms with van der Waals surface area (Å²) in [5.41, 5.74) is 1.61. The Balaban J connectivity index is 1.49. The van der Waals surface area contributed by atoms with Gasteiger partial charge in [-0.1, -0.05) is 12.5 Å². The van der Waals surface area contributed by atoms with E-state index in [1.165, 1.54) is 19.3 Å². The van der Waals surface area contributed by atoms with Crippen molar-refractivity contribution in [3.8, 4) is 0 Å². The van der Waals surface area contributed by atoms with Crippen molar-refractivity contribution in [2.45, 2.75) is 30.6 Å². The number of nitrogens with zero attached hydrogens (tertiary/aromatic N) is 3. The molecule has 2 heterocycles. The summed E-state index contributed by atoms with van der Waals surface area (Å²) in [6.07, 6.45) is 10.9. The van der Waals surface area contributed by atoms with Crippen LogP contribution in [0, 0.1) is 0 Å². The number of hydrogen-bond donors (Lipinski definition) is 2. The van der Waals surface area contributed by atoms with Gasteiger partial charge in [0.05, 0.1) is 24.1 Å². The zero-order valence-electron chi connectivity index (χ0n) is 13.2. The van der Waals surface area contributed by atoms with Crippen molar-refractivity contribution < 1.29 is 4.79 Å². The number of thioether (sulfide) groups is 1. The van der Waals surface area contributed by atoms with Crippen LogP contribution in [0.5, 0.6) is 0 Å². The van der Waals surface area contributed by atoms with Crippen molar-refractivity contribution >= 4 is 23.5 Å². The summed E-state index contributed by atoms with van der Waals surface area (Å²) in [4.78, 5) is 16.3. The highest BCUT2D eigenvalue weighted by atomic mass is 32.2. The predicted molar refractivity (Wildman–Crippen MR) is 92.7 cm³/mol. The van der Waals surface area contributed by atoms with Crippen molar-refractivity contribution in [1.29, 1.82) is 0 Å². The van der Waals surface area contributed by atoms with Crippen molar-refractivity contribution in [3.63, 3.8) is 0 Å². The zero-order chi connectivity index (χ0) is 16.1. The Morgan fingerprint density at radius 3 is 2.96 bits per heavy atom. The number of rotatable bonds is 6. The molecule has 0 aromatic carbocycles. The lowest BCUT2D eigenvalue weighted by atomic mass is 9.84. The lowest BCUT2D eigenvalue weighted by Gasteiger charge is -2.40. The highest BCUT2D eigenvalue weighted by Crippen LogP contribution is 2.42. The summed E-state index contributed by atoms with van der Waals surface area (Å²) in [5, 5.41) is 10.0. The first-order valence-corrected chi connectivity index (χ1v) is 8.94. The minimum Gasteiger partial charge on any atom is -0.336 e. The van der Waals surface area contributed by atoms with Gasteiger partial charge in [0.2, 0.25) is 0 Å². The van der Waals surface area contributed by atoms with Crippen LogP contribution in [0.15, 0.2) is 36.8 Å². The third kappa shape index (κ3) is 4.04. The summed E-state index contributed by atoms with van der Waals surface area (Å²) in [5.74, 6) is 0. The van der Waals surface area contributed by atoms with E-state index in [2.05, 4.69) is 27.0 Å². The Labute approximate surface area is 140 Å². The molecule has 0 saturated heterocycles. The molecule has 23 heavy (non-hydrogen) atoms. The van der Waals surface area contributed by atoms with Gasteiger partial charge in [0, 0.05) is 23.7 Å². The summed E-state index contributed by atoms with van der Waals surface area (Å²) in [7, 11) is 0. The van der Waals surface area contributed by atoms with Crippen LogP contribution in [-0.2, 0) is 6.54 Å². The van der Waals surface area contributed by atoms with Gasteiger partial charge in [0.25, 0.3) is 0 Å². The maximum absolute atomic E-state index is 12.0. The second-order valence-corrected chi connectivity index (χ2v) is 7.07. The molecule has 3 rings (SSSR count). The number of hydrogen-bond acceptors (Lipinski definition) is 4. The largest absolute Gasteiger partial charge is 0.336 e. The van der Waals surface area contributed by atoms with E-state index in [0.717, 1.165) is 5.69 Å². The lowest BCUT2D eigenvalue weighted by Crippen LogP contribution is -2.46. The molecule has 7 heteroatoms. The second kappa shape index (κ2) is 7.04. The summed E-state index contributed by atoms with van der Waals surface area (Å²) in [6, 6.07) is 5.60. The number of nitrogens with one attached hydrogen (secondary N) is 2. The fraction of sp³-hybridized carbons (Fsp3) is 0.438. The fourth-order valence-corrected chi connectivity index (χ4v) is 3.53. The fourth-order valence-electron chi connectivity index (χ4n) is 2.61. The molecule has 1 saturated carbocycles. The minimum atomic E-state index is -0.178. The molecule has 2 aromatic heterocycles. The van der Waals surface area contributed by atoms with E-state index >= 15 is 0 Å². The zero-order valence-corrected chi connectivity index (χ0v) is 14.0. The van der Waals surface area contributed by atoms with E-state index in [1.807, 2.05) is 36.2 Å². The third-order valence-corrected chi connectivity index (χ3v) is 5.63. The maximum Gasteiger partial charge on any atom is 0.319 e. The lowest BCUT2D eigenvalue weighted by molar-refractivity contribution is 0.247. The van der Waals surface area contributed by atoms with E-state index < -0.39 is 0 Å². The predicted octanol–water partition coefficient (Wildman–Crippen LogP) is 2.73. The van der Waals surface area contributed by atoms with Gasteiger partial charge < -0.3 is 10.6 Å². The molecule has 1 fully saturated rings. The Kier molecular flexibility index (Phi) is 4.85. The molecule has 1 aliphatic carbocycles. The Morgan fingerprint density at radius 2 is 2.30 bits per heavy atom. The molecule has 122 valence electrons. The van der Waals surface area contributed by atoms with Crippen LogP contribution in [0.2, 0.25) is 0 Å². The van der Waals surface area contributed by atoms with Gasteiger partial charge in [0.1, 0.15) is 0 Å². The van der Waals surface area contributed by atoms with Gasteiger partial charge in [-0.15, -0.1) is 0 Å². The SMILES string of the molecule is CSC1(CNC(=O)Nc2cnn(Cc3ccccn3)c2)CCC1. The number of anilines is 1. The van der Waals surface area contributed by atoms with E-state index in [-0.39, 0.29) is 10.8 Å². The first-order valence-electron chi connectivity index (χ1n) is 7.71. The number of amides is 2. The van der Waals surface area contributed by atoms with E-state index in [4.69, 9.17) is 0 Å². The molecule has 0 unspecified atom stereocenters. The molecule has 0 radical (unpaired) electrons. The monoisotopic (exact) mass is 331 g/mol. The number of carbonyl (C=O) groups is 1. The van der Waals surface area contributed by atoms with Gasteiger partial charge in [0.15, 0.2) is 0 Å². The Morgan fingerprint density at radius 1 is 1.43 bits per heavy atom. The summed E-state index contributed by atoms with van der Waals surface area (Å²) >= 11 is 1.85. The molecule has 2 N–H and O–H groups in total. The molecule has 0 spiro atoms. The van der Waals surface area contributed by atoms with E-state index in [1.54, 1.807) is 17.1 Å². The Bertz CT molecular complexity index is 648. The first-order chi connectivity index (χ1) is 11.2. The van der Waals surface area contributed by atoms with Gasteiger partial charge in [-0.05, 0) is 31.2 Å². The molecule has 0 atom stereocenters. The van der Waals surface area contributed by atoms with Crippen molar-refractivity contribution in [1.82, 2.24) is 20.1 Å². The first kappa shape index (κ1) is 15.9. The molecular weight excluding hydrogens is 310 g/mol. The molecule has 6 nitrogen and oxygen atoms in total. The minimum absolute atomic E-state index is 0.178. The number of urea groups is 1. The highest BCUT2D eigenvalue weighted by molar-refractivity contribution is 8.00. The topological polar surface area (TPSA) is 71.8 Å². The van der Waals surface area contributed by atoms with Gasteiger partial charge in [-0.2, -0.15) is 16.9 Å². The van der Waals surface area contributed by atoms with Gasteiger partial charge in [-0.3, -0.25) is 9.67 Å². The normalized spacial score (nSPS) is 15.7. The molecule has 1 aliphatic rings. The van der Waals surface area contributed by atoms with Gasteiger partial charge in [-0.25, -0.2) is 4.79 Å². The molecule has 0 aliphatic heterocycles.